The number of carbonyl (C=O) groups excluding carboxylic acids is 2. The van der Waals surface area contributed by atoms with Crippen LogP contribution >= 0.6 is 12.6 Å². The second-order valence-corrected chi connectivity index (χ2v) is 6.13. The van der Waals surface area contributed by atoms with E-state index in [1.807, 2.05) is 0 Å². The number of imide groups is 1. The van der Waals surface area contributed by atoms with E-state index in [-0.39, 0.29) is 12.0 Å². The Morgan fingerprint density at radius 1 is 1.30 bits per heavy atom. The predicted molar refractivity (Wildman–Crippen MR) is 69.5 cm³/mol. The number of thiol groups is 1. The van der Waals surface area contributed by atoms with Gasteiger partial charge in [-0.15, -0.1) is 0 Å². The number of carbonyl (C=O) groups is 2. The first-order valence-corrected chi connectivity index (χ1v) is 7.10. The van der Waals surface area contributed by atoms with Crippen LogP contribution in [0.15, 0.2) is 0 Å². The predicted octanol–water partition coefficient (Wildman–Crippen LogP) is 2.35. The molecule has 0 aromatic heterocycles. The van der Waals surface area contributed by atoms with Gasteiger partial charge in [0.05, 0.1) is 0 Å². The molecule has 2 fully saturated rings. The number of hydrogen-bond donors (Lipinski definition) is 2. The van der Waals surface area contributed by atoms with Gasteiger partial charge in [0, 0.05) is 6.54 Å². The van der Waals surface area contributed by atoms with Crippen molar-refractivity contribution in [3.63, 3.8) is 0 Å². The molecule has 8 heteroatoms. The molecular formula is C12H17F3N2O2S. The number of halogens is 3. The van der Waals surface area contributed by atoms with Crippen LogP contribution < -0.4 is 5.32 Å². The topological polar surface area (TPSA) is 49.4 Å². The van der Waals surface area contributed by atoms with Gasteiger partial charge in [-0.3, -0.25) is 9.69 Å². The van der Waals surface area contributed by atoms with Crippen LogP contribution in [0.25, 0.3) is 0 Å². The third-order valence-corrected chi connectivity index (χ3v) is 5.01. The van der Waals surface area contributed by atoms with Crippen LogP contribution in [0.1, 0.15) is 32.6 Å². The maximum Gasteiger partial charge on any atom is 0.420 e. The Balaban J connectivity index is 2.22. The molecule has 20 heavy (non-hydrogen) atoms. The fourth-order valence-electron chi connectivity index (χ4n) is 2.86. The van der Waals surface area contributed by atoms with E-state index < -0.39 is 23.7 Å². The summed E-state index contributed by atoms with van der Waals surface area (Å²) < 4.78 is 38.9. The average molecular weight is 310 g/mol. The first-order chi connectivity index (χ1) is 9.15. The highest BCUT2D eigenvalue weighted by molar-refractivity contribution is 7.80. The van der Waals surface area contributed by atoms with E-state index in [4.69, 9.17) is 0 Å². The normalized spacial score (nSPS) is 29.9. The lowest BCUT2D eigenvalue weighted by molar-refractivity contribution is -0.191. The molecule has 1 aliphatic carbocycles. The van der Waals surface area contributed by atoms with Crippen molar-refractivity contribution in [3.8, 4) is 0 Å². The van der Waals surface area contributed by atoms with Crippen molar-refractivity contribution in [2.75, 3.05) is 12.3 Å². The summed E-state index contributed by atoms with van der Waals surface area (Å²) in [5.74, 6) is -0.768. The molecule has 3 amide bonds. The average Bonchev–Trinajstić information content (AvgIpc) is 2.90. The molecule has 4 nitrogen and oxygen atoms in total. The Labute approximate surface area is 120 Å². The molecule has 1 N–H and O–H groups in total. The molecule has 0 aromatic carbocycles. The molecule has 0 bridgehead atoms. The van der Waals surface area contributed by atoms with Crippen LogP contribution in [-0.4, -0.2) is 40.9 Å². The van der Waals surface area contributed by atoms with Crippen molar-refractivity contribution in [1.82, 2.24) is 10.2 Å². The van der Waals surface area contributed by atoms with Crippen molar-refractivity contribution >= 4 is 24.6 Å². The maximum absolute atomic E-state index is 13.0. The molecule has 2 aliphatic rings. The molecule has 0 spiro atoms. The molecule has 1 saturated carbocycles. The Hall–Kier alpha value is -0.920. The van der Waals surface area contributed by atoms with Crippen LogP contribution in [0.3, 0.4) is 0 Å². The van der Waals surface area contributed by atoms with Gasteiger partial charge >= 0.3 is 12.2 Å². The Morgan fingerprint density at radius 3 is 2.25 bits per heavy atom. The van der Waals surface area contributed by atoms with Crippen LogP contribution in [0.4, 0.5) is 18.0 Å². The first-order valence-electron chi connectivity index (χ1n) is 6.47. The van der Waals surface area contributed by atoms with Gasteiger partial charge in [-0.25, -0.2) is 4.79 Å². The Morgan fingerprint density at radius 2 is 1.85 bits per heavy atom. The van der Waals surface area contributed by atoms with Gasteiger partial charge in [0.15, 0.2) is 0 Å². The summed E-state index contributed by atoms with van der Waals surface area (Å²) in [4.78, 5) is 24.5. The van der Waals surface area contributed by atoms with Crippen molar-refractivity contribution in [1.29, 1.82) is 0 Å². The van der Waals surface area contributed by atoms with E-state index in [0.29, 0.717) is 17.6 Å². The quantitative estimate of drug-likeness (QED) is 0.621. The molecule has 1 unspecified atom stereocenters. The van der Waals surface area contributed by atoms with E-state index in [0.717, 1.165) is 25.7 Å². The van der Waals surface area contributed by atoms with E-state index in [1.54, 1.807) is 5.32 Å². The summed E-state index contributed by atoms with van der Waals surface area (Å²) in [6.45, 7) is 0.710. The lowest BCUT2D eigenvalue weighted by atomic mass is 9.87. The second kappa shape index (κ2) is 4.82. The van der Waals surface area contributed by atoms with E-state index in [1.165, 1.54) is 0 Å². The minimum absolute atomic E-state index is 0.00678. The fourth-order valence-corrected chi connectivity index (χ4v) is 3.28. The summed E-state index contributed by atoms with van der Waals surface area (Å²) in [7, 11) is 0. The summed E-state index contributed by atoms with van der Waals surface area (Å²) in [6, 6.07) is -0.970. The van der Waals surface area contributed by atoms with Crippen molar-refractivity contribution in [3.05, 3.63) is 0 Å². The Kier molecular flexibility index (Phi) is 3.73. The number of rotatable bonds is 3. The number of amides is 3. The van der Waals surface area contributed by atoms with Gasteiger partial charge < -0.3 is 5.32 Å². The smallest absolute Gasteiger partial charge is 0.316 e. The third kappa shape index (κ3) is 2.27. The summed E-state index contributed by atoms with van der Waals surface area (Å²) >= 11 is 4.24. The number of alkyl halides is 3. The molecular weight excluding hydrogens is 293 g/mol. The van der Waals surface area contributed by atoms with Crippen molar-refractivity contribution in [2.24, 2.45) is 5.41 Å². The number of nitrogens with one attached hydrogen (secondary N) is 1. The summed E-state index contributed by atoms with van der Waals surface area (Å²) in [6.07, 6.45) is -1.37. The van der Waals surface area contributed by atoms with Crippen LogP contribution in [0.2, 0.25) is 0 Å². The highest BCUT2D eigenvalue weighted by Gasteiger charge is 2.64. The standard InChI is InChI=1S/C12H17F3N2O2S/c1-10(12(13,14)15)8(18)17(9(19)16-10)6-11(7-20)4-2-3-5-11/h20H,2-7H2,1H3,(H,16,19). The summed E-state index contributed by atoms with van der Waals surface area (Å²) in [5.41, 5.74) is -3.17. The molecule has 114 valence electrons. The van der Waals surface area contributed by atoms with Crippen LogP contribution in [-0.2, 0) is 4.79 Å². The van der Waals surface area contributed by atoms with Crippen molar-refractivity contribution < 1.29 is 22.8 Å². The number of nitrogens with zero attached hydrogens (tertiary/aromatic N) is 1. The first kappa shape index (κ1) is 15.5. The largest absolute Gasteiger partial charge is 0.420 e. The molecule has 1 atom stereocenters. The minimum atomic E-state index is -4.81. The third-order valence-electron chi connectivity index (χ3n) is 4.34. The number of urea groups is 1. The molecule has 1 aliphatic heterocycles. The van der Waals surface area contributed by atoms with Crippen molar-refractivity contribution in [2.45, 2.75) is 44.3 Å². The molecule has 2 rings (SSSR count). The van der Waals surface area contributed by atoms with Gasteiger partial charge in [-0.1, -0.05) is 12.8 Å². The van der Waals surface area contributed by atoms with E-state index >= 15 is 0 Å². The molecule has 1 saturated heterocycles. The highest BCUT2D eigenvalue weighted by Crippen LogP contribution is 2.42. The van der Waals surface area contributed by atoms with Gasteiger partial charge in [-0.2, -0.15) is 25.8 Å². The highest BCUT2D eigenvalue weighted by atomic mass is 32.1. The number of hydrogen-bond acceptors (Lipinski definition) is 3. The summed E-state index contributed by atoms with van der Waals surface area (Å²) in [5, 5.41) is 1.77. The molecule has 1 heterocycles. The molecule has 0 radical (unpaired) electrons. The Bertz CT molecular complexity index is 435. The van der Waals surface area contributed by atoms with Gasteiger partial charge in [-0.05, 0) is 30.9 Å². The zero-order valence-electron chi connectivity index (χ0n) is 11.1. The van der Waals surface area contributed by atoms with Crippen LogP contribution in [0, 0.1) is 5.41 Å². The van der Waals surface area contributed by atoms with Gasteiger partial charge in [0.1, 0.15) is 0 Å². The molecule has 0 aromatic rings. The minimum Gasteiger partial charge on any atom is -0.316 e. The lowest BCUT2D eigenvalue weighted by Gasteiger charge is -2.31. The monoisotopic (exact) mass is 310 g/mol. The van der Waals surface area contributed by atoms with E-state index in [2.05, 4.69) is 12.6 Å². The van der Waals surface area contributed by atoms with Gasteiger partial charge in [0.2, 0.25) is 5.54 Å². The fraction of sp³-hybridized carbons (Fsp3) is 0.833. The lowest BCUT2D eigenvalue weighted by Crippen LogP contribution is -2.56. The van der Waals surface area contributed by atoms with Crippen LogP contribution in [0.5, 0.6) is 0 Å². The maximum atomic E-state index is 13.0. The second-order valence-electron chi connectivity index (χ2n) is 5.81. The SMILES string of the molecule is CC1(C(F)(F)F)NC(=O)N(CC2(CS)CCCC2)C1=O. The van der Waals surface area contributed by atoms with Gasteiger partial charge in [0.25, 0.3) is 5.91 Å². The zero-order chi connectivity index (χ0) is 15.2. The van der Waals surface area contributed by atoms with E-state index in [9.17, 15) is 22.8 Å². The zero-order valence-corrected chi connectivity index (χ0v) is 12.0.